The predicted molar refractivity (Wildman–Crippen MR) is 64.7 cm³/mol. The smallest absolute Gasteiger partial charge is 0.416 e. The number of halogens is 4. The van der Waals surface area contributed by atoms with E-state index < -0.39 is 22.5 Å². The van der Waals surface area contributed by atoms with E-state index in [1.807, 2.05) is 0 Å². The Hall–Kier alpha value is -1.04. The van der Waals surface area contributed by atoms with Crippen LogP contribution in [-0.4, -0.2) is 12.6 Å². The first kappa shape index (κ1) is 15.0. The molecule has 100 valence electrons. The third-order valence-corrected chi connectivity index (χ3v) is 2.79. The van der Waals surface area contributed by atoms with E-state index in [0.717, 1.165) is 6.07 Å². The van der Waals surface area contributed by atoms with Crippen LogP contribution in [0, 0.1) is 0 Å². The van der Waals surface area contributed by atoms with Crippen LogP contribution in [0.5, 0.6) is 0 Å². The van der Waals surface area contributed by atoms with Gasteiger partial charge >= 0.3 is 12.1 Å². The second-order valence-corrected chi connectivity index (χ2v) is 5.01. The van der Waals surface area contributed by atoms with Gasteiger partial charge in [0.1, 0.15) is 0 Å². The summed E-state index contributed by atoms with van der Waals surface area (Å²) in [5.41, 5.74) is -0.825. The van der Waals surface area contributed by atoms with E-state index in [1.54, 1.807) is 13.8 Å². The first-order valence-corrected chi connectivity index (χ1v) is 6.21. The number of benzene rings is 1. The Morgan fingerprint density at radius 1 is 1.44 bits per heavy atom. The van der Waals surface area contributed by atoms with Gasteiger partial charge in [0.25, 0.3) is 0 Å². The van der Waals surface area contributed by atoms with Crippen LogP contribution in [-0.2, 0) is 10.9 Å². The normalized spacial score (nSPS) is 13.2. The number of alkyl halides is 4. The van der Waals surface area contributed by atoms with Gasteiger partial charge < -0.3 is 4.74 Å². The van der Waals surface area contributed by atoms with Crippen LogP contribution in [0.25, 0.3) is 0 Å². The molecule has 1 aromatic rings. The van der Waals surface area contributed by atoms with Gasteiger partial charge in [-0.15, -0.1) is 0 Å². The summed E-state index contributed by atoms with van der Waals surface area (Å²) < 4.78 is 43.3. The lowest BCUT2D eigenvalue weighted by atomic mass is 10.0. The van der Waals surface area contributed by atoms with Crippen LogP contribution in [0.3, 0.4) is 0 Å². The quantitative estimate of drug-likeness (QED) is 0.610. The van der Waals surface area contributed by atoms with Gasteiger partial charge in [-0.1, -0.05) is 22.0 Å². The van der Waals surface area contributed by atoms with Gasteiger partial charge in [0.05, 0.1) is 17.7 Å². The number of rotatable bonds is 3. The van der Waals surface area contributed by atoms with Crippen LogP contribution >= 0.6 is 15.9 Å². The molecule has 6 heteroatoms. The van der Waals surface area contributed by atoms with E-state index in [-0.39, 0.29) is 17.7 Å². The maximum atomic E-state index is 12.9. The summed E-state index contributed by atoms with van der Waals surface area (Å²) in [5, 5.41) is 0. The van der Waals surface area contributed by atoms with E-state index in [1.165, 1.54) is 12.1 Å². The first-order chi connectivity index (χ1) is 8.27. The van der Waals surface area contributed by atoms with Crippen molar-refractivity contribution in [3.8, 4) is 0 Å². The number of ether oxygens (including phenoxy) is 1. The van der Waals surface area contributed by atoms with Gasteiger partial charge in [0.15, 0.2) is 0 Å². The Morgan fingerprint density at radius 2 is 2.06 bits per heavy atom. The van der Waals surface area contributed by atoms with Gasteiger partial charge in [-0.05, 0) is 31.5 Å². The molecule has 0 aliphatic rings. The van der Waals surface area contributed by atoms with Crippen molar-refractivity contribution in [3.63, 3.8) is 0 Å². The summed E-state index contributed by atoms with van der Waals surface area (Å²) in [6, 6.07) is 3.44. The first-order valence-electron chi connectivity index (χ1n) is 5.29. The van der Waals surface area contributed by atoms with Crippen LogP contribution < -0.4 is 0 Å². The maximum absolute atomic E-state index is 12.9. The molecule has 0 N–H and O–H groups in total. The molecule has 0 saturated heterocycles. The van der Waals surface area contributed by atoms with Crippen molar-refractivity contribution in [1.29, 1.82) is 0 Å². The van der Waals surface area contributed by atoms with Crippen LogP contribution in [0.4, 0.5) is 13.2 Å². The summed E-state index contributed by atoms with van der Waals surface area (Å²) in [6.07, 6.45) is -4.50. The minimum Gasteiger partial charge on any atom is -0.462 e. The summed E-state index contributed by atoms with van der Waals surface area (Å²) in [6.45, 7) is 3.31. The summed E-state index contributed by atoms with van der Waals surface area (Å²) in [5.74, 6) is -0.753. The molecule has 0 aliphatic carbocycles. The Labute approximate surface area is 111 Å². The summed E-state index contributed by atoms with van der Waals surface area (Å²) in [7, 11) is 0. The fourth-order valence-electron chi connectivity index (χ4n) is 1.49. The van der Waals surface area contributed by atoms with Crippen molar-refractivity contribution in [2.75, 3.05) is 6.61 Å². The maximum Gasteiger partial charge on any atom is 0.416 e. The van der Waals surface area contributed by atoms with E-state index in [9.17, 15) is 18.0 Å². The lowest BCUT2D eigenvalue weighted by Crippen LogP contribution is -2.13. The third-order valence-electron chi connectivity index (χ3n) is 2.30. The molecule has 1 unspecified atom stereocenters. The van der Waals surface area contributed by atoms with E-state index in [4.69, 9.17) is 0 Å². The van der Waals surface area contributed by atoms with Gasteiger partial charge in [-0.25, -0.2) is 4.79 Å². The molecule has 0 saturated carbocycles. The largest absolute Gasteiger partial charge is 0.462 e. The molecule has 2 nitrogen and oxygen atoms in total. The Kier molecular flexibility index (Phi) is 4.78. The average Bonchev–Trinajstić information content (AvgIpc) is 2.27. The highest BCUT2D eigenvalue weighted by molar-refractivity contribution is 9.09. The van der Waals surface area contributed by atoms with Gasteiger partial charge in [0.2, 0.25) is 0 Å². The number of carbonyl (C=O) groups is 1. The zero-order valence-electron chi connectivity index (χ0n) is 9.84. The number of hydrogen-bond donors (Lipinski definition) is 0. The van der Waals surface area contributed by atoms with Crippen molar-refractivity contribution in [2.24, 2.45) is 0 Å². The van der Waals surface area contributed by atoms with Gasteiger partial charge in [-0.3, -0.25) is 0 Å². The molecule has 1 aromatic carbocycles. The highest BCUT2D eigenvalue weighted by Gasteiger charge is 2.35. The second-order valence-electron chi connectivity index (χ2n) is 3.64. The molecule has 0 aromatic heterocycles. The molecule has 0 fully saturated rings. The zero-order valence-corrected chi connectivity index (χ0v) is 11.4. The molecule has 0 spiro atoms. The second kappa shape index (κ2) is 5.73. The molecule has 0 radical (unpaired) electrons. The Bertz CT molecular complexity index is 441. The molecule has 0 bridgehead atoms. The monoisotopic (exact) mass is 324 g/mol. The highest BCUT2D eigenvalue weighted by atomic mass is 79.9. The van der Waals surface area contributed by atoms with Gasteiger partial charge in [0, 0.05) is 4.83 Å². The van der Waals surface area contributed by atoms with Crippen molar-refractivity contribution in [2.45, 2.75) is 24.9 Å². The minimum absolute atomic E-state index is 0.0931. The molecule has 1 rings (SSSR count). The minimum atomic E-state index is -4.50. The third kappa shape index (κ3) is 3.48. The van der Waals surface area contributed by atoms with E-state index in [2.05, 4.69) is 20.7 Å². The van der Waals surface area contributed by atoms with Crippen LogP contribution in [0.15, 0.2) is 18.2 Å². The highest BCUT2D eigenvalue weighted by Crippen LogP contribution is 2.37. The van der Waals surface area contributed by atoms with Gasteiger partial charge in [-0.2, -0.15) is 13.2 Å². The van der Waals surface area contributed by atoms with Crippen molar-refractivity contribution < 1.29 is 22.7 Å². The van der Waals surface area contributed by atoms with Crippen molar-refractivity contribution in [3.05, 3.63) is 34.9 Å². The Balaban J connectivity index is 3.26. The standard InChI is InChI=1S/C12H12BrF3O2/c1-3-18-11(17)8-4-5-9(7(2)13)10(6-8)12(14,15)16/h4-7H,3H2,1-2H3. The molecule has 0 amide bonds. The predicted octanol–water partition coefficient (Wildman–Crippen LogP) is 4.34. The molecule has 18 heavy (non-hydrogen) atoms. The van der Waals surface area contributed by atoms with E-state index in [0.29, 0.717) is 0 Å². The Morgan fingerprint density at radius 3 is 2.50 bits per heavy atom. The topological polar surface area (TPSA) is 26.3 Å². The molecule has 1 atom stereocenters. The van der Waals surface area contributed by atoms with Crippen molar-refractivity contribution >= 4 is 21.9 Å². The zero-order chi connectivity index (χ0) is 13.9. The van der Waals surface area contributed by atoms with Crippen LogP contribution in [0.1, 0.15) is 40.2 Å². The molecular weight excluding hydrogens is 313 g/mol. The number of carbonyl (C=O) groups excluding carboxylic acids is 1. The molecule has 0 heterocycles. The number of esters is 1. The molecular formula is C12H12BrF3O2. The fourth-order valence-corrected chi connectivity index (χ4v) is 1.89. The molecule has 0 aliphatic heterocycles. The van der Waals surface area contributed by atoms with Crippen LogP contribution in [0.2, 0.25) is 0 Å². The number of hydrogen-bond acceptors (Lipinski definition) is 2. The summed E-state index contributed by atoms with van der Waals surface area (Å²) in [4.78, 5) is 11.0. The lowest BCUT2D eigenvalue weighted by Gasteiger charge is -2.15. The van der Waals surface area contributed by atoms with Crippen molar-refractivity contribution in [1.82, 2.24) is 0 Å². The lowest BCUT2D eigenvalue weighted by molar-refractivity contribution is -0.138. The summed E-state index contributed by atoms with van der Waals surface area (Å²) >= 11 is 3.10. The average molecular weight is 325 g/mol. The SMILES string of the molecule is CCOC(=O)c1ccc(C(C)Br)c(C(F)(F)F)c1. The fraction of sp³-hybridized carbons (Fsp3) is 0.417. The van der Waals surface area contributed by atoms with E-state index >= 15 is 0 Å².